The van der Waals surface area contributed by atoms with Crippen LogP contribution in [-0.2, 0) is 5.41 Å². The van der Waals surface area contributed by atoms with Gasteiger partial charge in [0.25, 0.3) is 0 Å². The van der Waals surface area contributed by atoms with E-state index in [0.717, 1.165) is 40.9 Å². The second-order valence-electron chi connectivity index (χ2n) is 7.76. The van der Waals surface area contributed by atoms with Gasteiger partial charge in [-0.1, -0.05) is 12.1 Å². The molecule has 146 valence electrons. The summed E-state index contributed by atoms with van der Waals surface area (Å²) in [5, 5.41) is 8.50. The van der Waals surface area contributed by atoms with E-state index in [1.54, 1.807) is 17.2 Å². The molecule has 0 atom stereocenters. The van der Waals surface area contributed by atoms with E-state index in [1.165, 1.54) is 11.1 Å². The summed E-state index contributed by atoms with van der Waals surface area (Å²) < 4.78 is 1.80. The first-order valence-electron chi connectivity index (χ1n) is 9.89. The van der Waals surface area contributed by atoms with Crippen LogP contribution >= 0.6 is 0 Å². The standard InChI is InChI=1S/C23H19N7/c24-17-3-6-20-19(12-17)22(27-13-25-20)29-18-4-1-15(2-5-18)23(8-9-23)16-7-10-30-21(11-16)26-14-28-30/h1-7,10-14H,8-9,24H2,(H,25,27,29). The van der Waals surface area contributed by atoms with Gasteiger partial charge in [0.1, 0.15) is 18.5 Å². The first kappa shape index (κ1) is 16.9. The van der Waals surface area contributed by atoms with Gasteiger partial charge in [0, 0.05) is 28.4 Å². The molecule has 0 radical (unpaired) electrons. The minimum atomic E-state index is 0.0717. The molecule has 1 saturated carbocycles. The van der Waals surface area contributed by atoms with Crippen molar-refractivity contribution in [2.45, 2.75) is 18.3 Å². The number of nitrogens with one attached hydrogen (secondary N) is 1. The Hall–Kier alpha value is -4.00. The number of aromatic nitrogens is 5. The molecule has 3 aromatic heterocycles. The van der Waals surface area contributed by atoms with E-state index in [1.807, 2.05) is 24.4 Å². The van der Waals surface area contributed by atoms with Crippen molar-refractivity contribution in [2.75, 3.05) is 11.1 Å². The maximum Gasteiger partial charge on any atom is 0.155 e. The molecule has 1 fully saturated rings. The minimum absolute atomic E-state index is 0.0717. The quantitative estimate of drug-likeness (QED) is 0.447. The molecule has 3 N–H and O–H groups in total. The molecule has 0 saturated heterocycles. The predicted molar refractivity (Wildman–Crippen MR) is 117 cm³/mol. The molecule has 0 amide bonds. The lowest BCUT2D eigenvalue weighted by Crippen LogP contribution is -2.09. The molecule has 2 aromatic carbocycles. The van der Waals surface area contributed by atoms with Crippen molar-refractivity contribution in [1.82, 2.24) is 24.6 Å². The molecular weight excluding hydrogens is 374 g/mol. The zero-order valence-corrected chi connectivity index (χ0v) is 16.2. The number of hydrogen-bond acceptors (Lipinski definition) is 6. The molecule has 0 aliphatic heterocycles. The van der Waals surface area contributed by atoms with Crippen LogP contribution in [0.15, 0.2) is 73.4 Å². The SMILES string of the molecule is Nc1ccc2ncnc(Nc3ccc(C4(c5ccn6ncnc6c5)CC4)cc3)c2c1. The van der Waals surface area contributed by atoms with Gasteiger partial charge in [-0.15, -0.1) is 0 Å². The third-order valence-electron chi connectivity index (χ3n) is 5.94. The molecule has 6 rings (SSSR count). The van der Waals surface area contributed by atoms with Gasteiger partial charge < -0.3 is 11.1 Å². The fourth-order valence-electron chi connectivity index (χ4n) is 4.17. The summed E-state index contributed by atoms with van der Waals surface area (Å²) in [7, 11) is 0. The fraction of sp³-hybridized carbons (Fsp3) is 0.130. The van der Waals surface area contributed by atoms with Gasteiger partial charge >= 0.3 is 0 Å². The van der Waals surface area contributed by atoms with Gasteiger partial charge in [0.15, 0.2) is 5.65 Å². The molecule has 7 heteroatoms. The lowest BCUT2D eigenvalue weighted by atomic mass is 9.88. The number of nitrogen functional groups attached to an aromatic ring is 1. The number of fused-ring (bicyclic) bond motifs is 2. The number of nitrogens with zero attached hydrogens (tertiary/aromatic N) is 5. The summed E-state index contributed by atoms with van der Waals surface area (Å²) >= 11 is 0. The molecule has 0 unspecified atom stereocenters. The highest BCUT2D eigenvalue weighted by Gasteiger charge is 2.45. The van der Waals surface area contributed by atoms with Crippen molar-refractivity contribution in [1.29, 1.82) is 0 Å². The first-order valence-corrected chi connectivity index (χ1v) is 9.89. The Morgan fingerprint density at radius 3 is 2.57 bits per heavy atom. The van der Waals surface area contributed by atoms with Crippen LogP contribution in [-0.4, -0.2) is 24.6 Å². The maximum atomic E-state index is 5.95. The van der Waals surface area contributed by atoms with E-state index in [2.05, 4.69) is 61.8 Å². The topological polar surface area (TPSA) is 94.0 Å². The van der Waals surface area contributed by atoms with E-state index in [9.17, 15) is 0 Å². The smallest absolute Gasteiger partial charge is 0.155 e. The van der Waals surface area contributed by atoms with Crippen LogP contribution in [0.2, 0.25) is 0 Å². The van der Waals surface area contributed by atoms with Crippen molar-refractivity contribution in [3.8, 4) is 0 Å². The van der Waals surface area contributed by atoms with Crippen LogP contribution in [0.3, 0.4) is 0 Å². The predicted octanol–water partition coefficient (Wildman–Crippen LogP) is 4.08. The molecular formula is C23H19N7. The van der Waals surface area contributed by atoms with Crippen molar-refractivity contribution in [3.63, 3.8) is 0 Å². The monoisotopic (exact) mass is 393 g/mol. The number of rotatable bonds is 4. The molecule has 3 heterocycles. The second-order valence-corrected chi connectivity index (χ2v) is 7.76. The average Bonchev–Trinajstić information content (AvgIpc) is 3.45. The summed E-state index contributed by atoms with van der Waals surface area (Å²) in [5.74, 6) is 0.749. The highest BCUT2D eigenvalue weighted by molar-refractivity contribution is 5.92. The largest absolute Gasteiger partial charge is 0.399 e. The molecule has 0 spiro atoms. The molecule has 7 nitrogen and oxygen atoms in total. The molecule has 1 aliphatic rings. The number of anilines is 3. The maximum absolute atomic E-state index is 5.95. The minimum Gasteiger partial charge on any atom is -0.399 e. The summed E-state index contributed by atoms with van der Waals surface area (Å²) in [6.45, 7) is 0. The van der Waals surface area contributed by atoms with Crippen molar-refractivity contribution >= 4 is 33.7 Å². The summed E-state index contributed by atoms with van der Waals surface area (Å²) in [4.78, 5) is 13.0. The number of pyridine rings is 1. The Kier molecular flexibility index (Phi) is 3.52. The number of benzene rings is 2. The van der Waals surface area contributed by atoms with Crippen molar-refractivity contribution in [3.05, 3.63) is 84.6 Å². The Morgan fingerprint density at radius 2 is 1.73 bits per heavy atom. The highest BCUT2D eigenvalue weighted by atomic mass is 15.3. The van der Waals surface area contributed by atoms with Crippen LogP contribution in [0.1, 0.15) is 24.0 Å². The van der Waals surface area contributed by atoms with E-state index in [4.69, 9.17) is 5.73 Å². The van der Waals surface area contributed by atoms with E-state index in [-0.39, 0.29) is 5.41 Å². The van der Waals surface area contributed by atoms with Crippen LogP contribution in [0.4, 0.5) is 17.2 Å². The van der Waals surface area contributed by atoms with Crippen LogP contribution in [0, 0.1) is 0 Å². The van der Waals surface area contributed by atoms with Crippen molar-refractivity contribution < 1.29 is 0 Å². The van der Waals surface area contributed by atoms with Gasteiger partial charge in [-0.2, -0.15) is 5.10 Å². The fourth-order valence-corrected chi connectivity index (χ4v) is 4.17. The Bertz CT molecular complexity index is 1380. The number of nitrogens with two attached hydrogens (primary N) is 1. The zero-order valence-electron chi connectivity index (χ0n) is 16.2. The van der Waals surface area contributed by atoms with E-state index in [0.29, 0.717) is 5.69 Å². The normalized spacial score (nSPS) is 14.8. The lowest BCUT2D eigenvalue weighted by Gasteiger charge is -2.17. The summed E-state index contributed by atoms with van der Waals surface area (Å²) in [6, 6.07) is 18.5. The Labute approximate surface area is 172 Å². The van der Waals surface area contributed by atoms with E-state index >= 15 is 0 Å². The van der Waals surface area contributed by atoms with Gasteiger partial charge in [0.05, 0.1) is 5.52 Å². The first-order chi connectivity index (χ1) is 14.7. The number of hydrogen-bond donors (Lipinski definition) is 2. The van der Waals surface area contributed by atoms with Crippen LogP contribution in [0.25, 0.3) is 16.6 Å². The molecule has 1 aliphatic carbocycles. The van der Waals surface area contributed by atoms with Gasteiger partial charge in [-0.25, -0.2) is 19.5 Å². The average molecular weight is 393 g/mol. The second kappa shape index (κ2) is 6.25. The molecule has 5 aromatic rings. The third-order valence-corrected chi connectivity index (χ3v) is 5.94. The van der Waals surface area contributed by atoms with Gasteiger partial charge in [0.2, 0.25) is 0 Å². The highest BCUT2D eigenvalue weighted by Crippen LogP contribution is 2.53. The summed E-state index contributed by atoms with van der Waals surface area (Å²) in [5.41, 5.74) is 12.0. The molecule has 0 bridgehead atoms. The zero-order chi connectivity index (χ0) is 20.1. The summed E-state index contributed by atoms with van der Waals surface area (Å²) in [6.07, 6.45) is 7.41. The van der Waals surface area contributed by atoms with Crippen molar-refractivity contribution in [2.24, 2.45) is 0 Å². The van der Waals surface area contributed by atoms with Gasteiger partial charge in [-0.05, 0) is 66.4 Å². The lowest BCUT2D eigenvalue weighted by molar-refractivity contribution is 0.837. The Balaban J connectivity index is 1.31. The molecule has 30 heavy (non-hydrogen) atoms. The van der Waals surface area contributed by atoms with Gasteiger partial charge in [-0.3, -0.25) is 0 Å². The van der Waals surface area contributed by atoms with Crippen LogP contribution in [0.5, 0.6) is 0 Å². The van der Waals surface area contributed by atoms with Crippen LogP contribution < -0.4 is 11.1 Å². The Morgan fingerprint density at radius 1 is 0.867 bits per heavy atom. The third kappa shape index (κ3) is 2.67. The van der Waals surface area contributed by atoms with E-state index < -0.39 is 0 Å².